The standard InChI is InChI=1S/C9H12FNO2/c10-8-2-1-6(13)5-7(8)9(11)3-4-12/h1-2,5,9,12-13H,3-4,11H2/t9-/m1/s1. The van der Waals surface area contributed by atoms with E-state index < -0.39 is 11.9 Å². The Morgan fingerprint density at radius 3 is 2.77 bits per heavy atom. The van der Waals surface area contributed by atoms with E-state index in [-0.39, 0.29) is 24.3 Å². The molecule has 0 spiro atoms. The molecule has 0 unspecified atom stereocenters. The van der Waals surface area contributed by atoms with Gasteiger partial charge in [0.15, 0.2) is 0 Å². The van der Waals surface area contributed by atoms with Crippen molar-refractivity contribution in [3.05, 3.63) is 29.6 Å². The van der Waals surface area contributed by atoms with Crippen LogP contribution in [0.1, 0.15) is 18.0 Å². The molecule has 0 aromatic heterocycles. The Bertz CT molecular complexity index is 291. The zero-order chi connectivity index (χ0) is 9.84. The van der Waals surface area contributed by atoms with Crippen LogP contribution in [-0.4, -0.2) is 16.8 Å². The monoisotopic (exact) mass is 185 g/mol. The molecule has 0 aliphatic rings. The van der Waals surface area contributed by atoms with Crippen LogP contribution in [0.2, 0.25) is 0 Å². The molecular formula is C9H12FNO2. The number of benzene rings is 1. The Balaban J connectivity index is 2.91. The lowest BCUT2D eigenvalue weighted by Crippen LogP contribution is -2.13. The third-order valence-corrected chi connectivity index (χ3v) is 1.82. The van der Waals surface area contributed by atoms with Crippen LogP contribution < -0.4 is 5.73 Å². The van der Waals surface area contributed by atoms with E-state index in [1.165, 1.54) is 12.1 Å². The summed E-state index contributed by atoms with van der Waals surface area (Å²) in [7, 11) is 0. The summed E-state index contributed by atoms with van der Waals surface area (Å²) in [6.07, 6.45) is 0.278. The van der Waals surface area contributed by atoms with Crippen molar-refractivity contribution >= 4 is 0 Å². The van der Waals surface area contributed by atoms with E-state index in [4.69, 9.17) is 15.9 Å². The van der Waals surface area contributed by atoms with Crippen molar-refractivity contribution in [3.8, 4) is 5.75 Å². The Labute approximate surface area is 75.6 Å². The first-order chi connectivity index (χ1) is 6.15. The minimum Gasteiger partial charge on any atom is -0.508 e. The molecule has 3 nitrogen and oxygen atoms in total. The van der Waals surface area contributed by atoms with Gasteiger partial charge >= 0.3 is 0 Å². The Morgan fingerprint density at radius 2 is 2.15 bits per heavy atom. The van der Waals surface area contributed by atoms with E-state index >= 15 is 0 Å². The molecule has 1 atom stereocenters. The van der Waals surface area contributed by atoms with Crippen molar-refractivity contribution in [2.45, 2.75) is 12.5 Å². The molecule has 0 radical (unpaired) electrons. The first-order valence-electron chi connectivity index (χ1n) is 4.00. The minimum absolute atomic E-state index is 0.0233. The van der Waals surface area contributed by atoms with Crippen LogP contribution in [0, 0.1) is 5.82 Å². The fraction of sp³-hybridized carbons (Fsp3) is 0.333. The second-order valence-corrected chi connectivity index (χ2v) is 2.82. The summed E-state index contributed by atoms with van der Waals surface area (Å²) in [6, 6.07) is 3.11. The lowest BCUT2D eigenvalue weighted by molar-refractivity contribution is 0.275. The van der Waals surface area contributed by atoms with E-state index in [1.54, 1.807) is 0 Å². The summed E-state index contributed by atoms with van der Waals surface area (Å²) in [6.45, 7) is -0.101. The number of phenols is 1. The highest BCUT2D eigenvalue weighted by Gasteiger charge is 2.11. The maximum absolute atomic E-state index is 13.1. The van der Waals surface area contributed by atoms with Gasteiger partial charge in [-0.2, -0.15) is 0 Å². The van der Waals surface area contributed by atoms with Crippen LogP contribution in [0.4, 0.5) is 4.39 Å². The Hall–Kier alpha value is -1.13. The second kappa shape index (κ2) is 4.20. The van der Waals surface area contributed by atoms with Crippen LogP contribution in [0.25, 0.3) is 0 Å². The van der Waals surface area contributed by atoms with Gasteiger partial charge in [-0.25, -0.2) is 4.39 Å². The van der Waals surface area contributed by atoms with Gasteiger partial charge in [0.2, 0.25) is 0 Å². The van der Waals surface area contributed by atoms with Gasteiger partial charge < -0.3 is 15.9 Å². The van der Waals surface area contributed by atoms with Crippen molar-refractivity contribution in [1.82, 2.24) is 0 Å². The van der Waals surface area contributed by atoms with Crippen molar-refractivity contribution in [3.63, 3.8) is 0 Å². The van der Waals surface area contributed by atoms with E-state index in [2.05, 4.69) is 0 Å². The molecule has 4 N–H and O–H groups in total. The minimum atomic E-state index is -0.572. The molecule has 0 fully saturated rings. The number of halogens is 1. The molecule has 1 aromatic rings. The molecule has 0 heterocycles. The van der Waals surface area contributed by atoms with Gasteiger partial charge in [-0.15, -0.1) is 0 Å². The summed E-state index contributed by atoms with van der Waals surface area (Å²) in [5, 5.41) is 17.7. The lowest BCUT2D eigenvalue weighted by atomic mass is 10.0. The maximum atomic E-state index is 13.1. The smallest absolute Gasteiger partial charge is 0.128 e. The van der Waals surface area contributed by atoms with Crippen LogP contribution >= 0.6 is 0 Å². The number of nitrogens with two attached hydrogens (primary N) is 1. The highest BCUT2D eigenvalue weighted by atomic mass is 19.1. The van der Waals surface area contributed by atoms with Crippen LogP contribution in [0.15, 0.2) is 18.2 Å². The Morgan fingerprint density at radius 1 is 1.46 bits per heavy atom. The molecule has 1 rings (SSSR count). The van der Waals surface area contributed by atoms with Gasteiger partial charge in [0.25, 0.3) is 0 Å². The number of hydrogen-bond donors (Lipinski definition) is 3. The third kappa shape index (κ3) is 2.40. The van der Waals surface area contributed by atoms with E-state index in [1.807, 2.05) is 0 Å². The van der Waals surface area contributed by atoms with Gasteiger partial charge in [-0.1, -0.05) is 0 Å². The SMILES string of the molecule is N[C@H](CCO)c1cc(O)ccc1F. The van der Waals surface area contributed by atoms with Crippen LogP contribution in [0.5, 0.6) is 5.75 Å². The predicted octanol–water partition coefficient (Wildman–Crippen LogP) is 0.913. The summed E-state index contributed by atoms with van der Waals surface area (Å²) < 4.78 is 13.1. The lowest BCUT2D eigenvalue weighted by Gasteiger charge is -2.11. The summed E-state index contributed by atoms with van der Waals surface area (Å²) >= 11 is 0. The Kier molecular flexibility index (Phi) is 3.22. The molecule has 0 aliphatic heterocycles. The number of aromatic hydroxyl groups is 1. The van der Waals surface area contributed by atoms with Crippen molar-refractivity contribution < 1.29 is 14.6 Å². The van der Waals surface area contributed by atoms with E-state index in [0.29, 0.717) is 0 Å². The van der Waals surface area contributed by atoms with E-state index in [9.17, 15) is 4.39 Å². The predicted molar refractivity (Wildman–Crippen MR) is 46.7 cm³/mol. The van der Waals surface area contributed by atoms with Gasteiger partial charge in [0, 0.05) is 18.2 Å². The first kappa shape index (κ1) is 9.95. The number of hydrogen-bond acceptors (Lipinski definition) is 3. The van der Waals surface area contributed by atoms with Crippen LogP contribution in [-0.2, 0) is 0 Å². The average Bonchev–Trinajstić information content (AvgIpc) is 2.09. The molecule has 0 saturated heterocycles. The molecule has 0 aliphatic carbocycles. The molecular weight excluding hydrogens is 173 g/mol. The molecule has 4 heteroatoms. The molecule has 0 amide bonds. The van der Waals surface area contributed by atoms with Gasteiger partial charge in [0.1, 0.15) is 11.6 Å². The normalized spacial score (nSPS) is 12.8. The first-order valence-corrected chi connectivity index (χ1v) is 4.00. The number of aliphatic hydroxyl groups is 1. The van der Waals surface area contributed by atoms with Gasteiger partial charge in [-0.05, 0) is 24.6 Å². The summed E-state index contributed by atoms with van der Waals surface area (Å²) in [4.78, 5) is 0. The molecule has 13 heavy (non-hydrogen) atoms. The summed E-state index contributed by atoms with van der Waals surface area (Å²) in [5.41, 5.74) is 5.79. The van der Waals surface area contributed by atoms with Crippen molar-refractivity contribution in [2.75, 3.05) is 6.61 Å². The van der Waals surface area contributed by atoms with Crippen molar-refractivity contribution in [1.29, 1.82) is 0 Å². The van der Waals surface area contributed by atoms with Crippen LogP contribution in [0.3, 0.4) is 0 Å². The topological polar surface area (TPSA) is 66.5 Å². The maximum Gasteiger partial charge on any atom is 0.128 e. The molecule has 72 valence electrons. The zero-order valence-corrected chi connectivity index (χ0v) is 7.07. The highest BCUT2D eigenvalue weighted by Crippen LogP contribution is 2.21. The largest absolute Gasteiger partial charge is 0.508 e. The average molecular weight is 185 g/mol. The molecule has 1 aromatic carbocycles. The quantitative estimate of drug-likeness (QED) is 0.655. The third-order valence-electron chi connectivity index (χ3n) is 1.82. The fourth-order valence-electron chi connectivity index (χ4n) is 1.11. The second-order valence-electron chi connectivity index (χ2n) is 2.82. The molecule has 0 saturated carbocycles. The van der Waals surface area contributed by atoms with Gasteiger partial charge in [-0.3, -0.25) is 0 Å². The number of aliphatic hydroxyl groups excluding tert-OH is 1. The molecule has 0 bridgehead atoms. The highest BCUT2D eigenvalue weighted by molar-refractivity contribution is 5.30. The van der Waals surface area contributed by atoms with Crippen molar-refractivity contribution in [2.24, 2.45) is 5.73 Å². The number of phenolic OH excluding ortho intramolecular Hbond substituents is 1. The number of rotatable bonds is 3. The zero-order valence-electron chi connectivity index (χ0n) is 7.07. The van der Waals surface area contributed by atoms with E-state index in [0.717, 1.165) is 6.07 Å². The fourth-order valence-corrected chi connectivity index (χ4v) is 1.11. The summed E-state index contributed by atoms with van der Waals surface area (Å²) in [5.74, 6) is -0.483. The van der Waals surface area contributed by atoms with Gasteiger partial charge in [0.05, 0.1) is 0 Å².